The molecular formula is C22H36N2O4S. The third-order valence-electron chi connectivity index (χ3n) is 5.70. The molecule has 1 aliphatic rings. The molecule has 1 amide bonds. The van der Waals surface area contributed by atoms with Crippen LogP contribution >= 0.6 is 0 Å². The van der Waals surface area contributed by atoms with E-state index in [2.05, 4.69) is 25.7 Å². The number of hydrogen-bond donors (Lipinski definition) is 0. The van der Waals surface area contributed by atoms with Crippen molar-refractivity contribution in [3.63, 3.8) is 0 Å². The second kappa shape index (κ2) is 10.5. The van der Waals surface area contributed by atoms with Crippen molar-refractivity contribution >= 4 is 15.7 Å². The van der Waals surface area contributed by atoms with Crippen molar-refractivity contribution in [3.05, 3.63) is 29.8 Å². The fourth-order valence-electron chi connectivity index (χ4n) is 3.79. The quantitative estimate of drug-likeness (QED) is 0.540. The summed E-state index contributed by atoms with van der Waals surface area (Å²) in [7, 11) is -3.19. The molecule has 0 aromatic heterocycles. The zero-order valence-corrected chi connectivity index (χ0v) is 19.1. The maximum Gasteiger partial charge on any atom is 0.224 e. The summed E-state index contributed by atoms with van der Waals surface area (Å²) in [5.41, 5.74) is 0.913. The number of nitrogens with zero attached hydrogens (tertiary/aromatic N) is 2. The number of hydrogen-bond acceptors (Lipinski definition) is 5. The predicted octanol–water partition coefficient (Wildman–Crippen LogP) is 3.07. The average molecular weight is 425 g/mol. The van der Waals surface area contributed by atoms with E-state index in [1.165, 1.54) is 6.26 Å². The van der Waals surface area contributed by atoms with Crippen molar-refractivity contribution in [2.24, 2.45) is 0 Å². The van der Waals surface area contributed by atoms with Crippen molar-refractivity contribution < 1.29 is 17.9 Å². The van der Waals surface area contributed by atoms with Gasteiger partial charge in [-0.1, -0.05) is 19.1 Å². The molecule has 6 nitrogen and oxygen atoms in total. The number of amides is 1. The lowest BCUT2D eigenvalue weighted by Gasteiger charge is -2.39. The van der Waals surface area contributed by atoms with Crippen molar-refractivity contribution in [2.45, 2.75) is 56.9 Å². The smallest absolute Gasteiger partial charge is 0.224 e. The van der Waals surface area contributed by atoms with Crippen LogP contribution in [0.25, 0.3) is 0 Å². The molecule has 7 heteroatoms. The molecular weight excluding hydrogens is 388 g/mol. The van der Waals surface area contributed by atoms with Crippen LogP contribution in [0.2, 0.25) is 0 Å². The van der Waals surface area contributed by atoms with Gasteiger partial charge in [0.25, 0.3) is 0 Å². The van der Waals surface area contributed by atoms with Crippen molar-refractivity contribution in [1.29, 1.82) is 0 Å². The Morgan fingerprint density at radius 1 is 1.10 bits per heavy atom. The summed E-state index contributed by atoms with van der Waals surface area (Å²) in [5.74, 6) is 0.194. The summed E-state index contributed by atoms with van der Waals surface area (Å²) in [6, 6.07) is 7.25. The first-order chi connectivity index (χ1) is 13.7. The molecule has 0 spiro atoms. The molecule has 1 aromatic carbocycles. The van der Waals surface area contributed by atoms with E-state index in [-0.39, 0.29) is 11.4 Å². The Hall–Kier alpha value is -1.44. The lowest BCUT2D eigenvalue weighted by atomic mass is 9.91. The van der Waals surface area contributed by atoms with E-state index < -0.39 is 9.84 Å². The highest BCUT2D eigenvalue weighted by Crippen LogP contribution is 2.29. The molecule has 29 heavy (non-hydrogen) atoms. The van der Waals surface area contributed by atoms with Gasteiger partial charge in [0.2, 0.25) is 5.91 Å². The standard InChI is InChI=1S/C22H36N2O4S/c1-5-13-24(15-7-6-14-23-16-18-28-17-12-21(23)25)22(2,3)19-8-10-20(11-9-19)29(4,26)27/h8-11H,5-7,12-18H2,1-4H3. The van der Waals surface area contributed by atoms with Gasteiger partial charge < -0.3 is 9.64 Å². The van der Waals surface area contributed by atoms with Gasteiger partial charge in [-0.05, 0) is 63.9 Å². The van der Waals surface area contributed by atoms with Gasteiger partial charge in [-0.25, -0.2) is 8.42 Å². The molecule has 0 bridgehead atoms. The number of carbonyl (C=O) groups is 1. The molecule has 1 saturated heterocycles. The molecule has 1 aromatic rings. The lowest BCUT2D eigenvalue weighted by Crippen LogP contribution is -2.43. The highest BCUT2D eigenvalue weighted by atomic mass is 32.2. The van der Waals surface area contributed by atoms with Crippen LogP contribution in [0, 0.1) is 0 Å². The van der Waals surface area contributed by atoms with Gasteiger partial charge in [-0.3, -0.25) is 9.69 Å². The topological polar surface area (TPSA) is 66.9 Å². The second-order valence-electron chi connectivity index (χ2n) is 8.29. The van der Waals surface area contributed by atoms with E-state index >= 15 is 0 Å². The van der Waals surface area contributed by atoms with Gasteiger partial charge in [0.05, 0.1) is 24.5 Å². The third-order valence-corrected chi connectivity index (χ3v) is 6.83. The maximum absolute atomic E-state index is 12.1. The summed E-state index contributed by atoms with van der Waals surface area (Å²) in [6.45, 7) is 11.1. The maximum atomic E-state index is 12.1. The Balaban J connectivity index is 1.97. The van der Waals surface area contributed by atoms with Crippen LogP contribution in [-0.2, 0) is 24.9 Å². The first-order valence-electron chi connectivity index (χ1n) is 10.6. The van der Waals surface area contributed by atoms with E-state index in [4.69, 9.17) is 4.74 Å². The van der Waals surface area contributed by atoms with Gasteiger partial charge in [0.1, 0.15) is 0 Å². The molecule has 0 atom stereocenters. The first-order valence-corrected chi connectivity index (χ1v) is 12.5. The number of rotatable bonds is 10. The minimum absolute atomic E-state index is 0.194. The lowest BCUT2D eigenvalue weighted by molar-refractivity contribution is -0.130. The van der Waals surface area contributed by atoms with Gasteiger partial charge in [0.15, 0.2) is 9.84 Å². The second-order valence-corrected chi connectivity index (χ2v) is 10.3. The molecule has 0 unspecified atom stereocenters. The number of sulfone groups is 1. The van der Waals surface area contributed by atoms with Crippen molar-refractivity contribution in [2.75, 3.05) is 45.6 Å². The molecule has 0 radical (unpaired) electrons. The predicted molar refractivity (Wildman–Crippen MR) is 116 cm³/mol. The fourth-order valence-corrected chi connectivity index (χ4v) is 4.42. The van der Waals surface area contributed by atoms with Crippen LogP contribution in [0.5, 0.6) is 0 Å². The summed E-state index contributed by atoms with van der Waals surface area (Å²) in [5, 5.41) is 0. The Morgan fingerprint density at radius 3 is 2.41 bits per heavy atom. The number of carbonyl (C=O) groups excluding carboxylic acids is 1. The van der Waals surface area contributed by atoms with Gasteiger partial charge >= 0.3 is 0 Å². The summed E-state index contributed by atoms with van der Waals surface area (Å²) in [4.78, 5) is 16.8. The van der Waals surface area contributed by atoms with Crippen LogP contribution in [-0.4, -0.2) is 69.8 Å². The fraction of sp³-hybridized carbons (Fsp3) is 0.682. The molecule has 1 heterocycles. The molecule has 0 aliphatic carbocycles. The Kier molecular flexibility index (Phi) is 8.67. The van der Waals surface area contributed by atoms with E-state index in [0.717, 1.165) is 44.5 Å². The van der Waals surface area contributed by atoms with E-state index in [1.807, 2.05) is 17.0 Å². The Bertz CT molecular complexity index is 760. The zero-order chi connectivity index (χ0) is 21.5. The van der Waals surface area contributed by atoms with Crippen LogP contribution in [0.15, 0.2) is 29.2 Å². The van der Waals surface area contributed by atoms with Gasteiger partial charge in [-0.15, -0.1) is 0 Å². The summed E-state index contributed by atoms with van der Waals surface area (Å²) < 4.78 is 28.9. The minimum atomic E-state index is -3.19. The third kappa shape index (κ3) is 6.79. The van der Waals surface area contributed by atoms with Crippen LogP contribution in [0.1, 0.15) is 52.0 Å². The molecule has 2 rings (SSSR count). The average Bonchev–Trinajstić information content (AvgIpc) is 2.87. The van der Waals surface area contributed by atoms with Crippen molar-refractivity contribution in [3.8, 4) is 0 Å². The zero-order valence-electron chi connectivity index (χ0n) is 18.3. The van der Waals surface area contributed by atoms with E-state index in [1.54, 1.807) is 12.1 Å². The van der Waals surface area contributed by atoms with Crippen LogP contribution in [0.3, 0.4) is 0 Å². The first kappa shape index (κ1) is 23.8. The van der Waals surface area contributed by atoms with Crippen LogP contribution in [0.4, 0.5) is 0 Å². The minimum Gasteiger partial charge on any atom is -0.379 e. The van der Waals surface area contributed by atoms with Crippen LogP contribution < -0.4 is 0 Å². The molecule has 1 fully saturated rings. The highest BCUT2D eigenvalue weighted by Gasteiger charge is 2.28. The Morgan fingerprint density at radius 2 is 1.79 bits per heavy atom. The number of benzene rings is 1. The van der Waals surface area contributed by atoms with Gasteiger partial charge in [0, 0.05) is 24.9 Å². The van der Waals surface area contributed by atoms with Gasteiger partial charge in [-0.2, -0.15) is 0 Å². The monoisotopic (exact) mass is 424 g/mol. The number of unbranched alkanes of at least 4 members (excludes halogenated alkanes) is 1. The van der Waals surface area contributed by atoms with E-state index in [0.29, 0.717) is 31.1 Å². The number of ether oxygens (including phenoxy) is 1. The van der Waals surface area contributed by atoms with Crippen molar-refractivity contribution in [1.82, 2.24) is 9.80 Å². The molecule has 1 aliphatic heterocycles. The Labute approximate surface area is 176 Å². The largest absolute Gasteiger partial charge is 0.379 e. The molecule has 0 saturated carbocycles. The molecule has 0 N–H and O–H groups in total. The van der Waals surface area contributed by atoms with E-state index in [9.17, 15) is 13.2 Å². The summed E-state index contributed by atoms with van der Waals surface area (Å²) in [6.07, 6.45) is 4.74. The normalized spacial score (nSPS) is 16.3. The highest BCUT2D eigenvalue weighted by molar-refractivity contribution is 7.90. The SMILES string of the molecule is CCCN(CCCCN1CCOCCC1=O)C(C)(C)c1ccc(S(C)(=O)=O)cc1. The summed E-state index contributed by atoms with van der Waals surface area (Å²) >= 11 is 0. The molecule has 164 valence electrons.